The Kier molecular flexibility index (Phi) is 5.11. The average molecular weight is 309 g/mol. The van der Waals surface area contributed by atoms with Gasteiger partial charge in [-0.05, 0) is 32.1 Å². The van der Waals surface area contributed by atoms with Crippen LogP contribution in [0.1, 0.15) is 12.3 Å². The molecule has 7 heteroatoms. The summed E-state index contributed by atoms with van der Waals surface area (Å²) in [4.78, 5) is 4.45. The second-order valence-corrected chi connectivity index (χ2v) is 6.40. The first kappa shape index (κ1) is 15.7. The molecule has 0 saturated carbocycles. The van der Waals surface area contributed by atoms with Gasteiger partial charge in [0.15, 0.2) is 5.89 Å². The lowest BCUT2D eigenvalue weighted by Gasteiger charge is -2.07. The second-order valence-electron chi connectivity index (χ2n) is 4.63. The minimum Gasteiger partial charge on any atom is -0.449 e. The van der Waals surface area contributed by atoms with Gasteiger partial charge in [0.1, 0.15) is 12.0 Å². The Labute approximate surface area is 124 Å². The lowest BCUT2D eigenvalue weighted by atomic mass is 10.2. The number of hydrogen-bond donors (Lipinski definition) is 2. The normalized spacial score (nSPS) is 11.7. The summed E-state index contributed by atoms with van der Waals surface area (Å²) in [5.74, 6) is 0.577. The molecule has 114 valence electrons. The van der Waals surface area contributed by atoms with Crippen molar-refractivity contribution in [3.8, 4) is 11.3 Å². The van der Waals surface area contributed by atoms with Crippen LogP contribution in [0.25, 0.3) is 11.3 Å². The highest BCUT2D eigenvalue weighted by atomic mass is 32.2. The predicted octanol–water partition coefficient (Wildman–Crippen LogP) is 1.54. The first-order valence-electron chi connectivity index (χ1n) is 6.70. The van der Waals surface area contributed by atoms with E-state index < -0.39 is 10.0 Å². The maximum Gasteiger partial charge on any atom is 0.240 e. The maximum atomic E-state index is 12.1. The van der Waals surface area contributed by atoms with Crippen molar-refractivity contribution in [1.82, 2.24) is 15.0 Å². The summed E-state index contributed by atoms with van der Waals surface area (Å²) in [7, 11) is -1.62. The van der Waals surface area contributed by atoms with Gasteiger partial charge >= 0.3 is 0 Å². The molecule has 0 radical (unpaired) electrons. The lowest BCUT2D eigenvalue weighted by molar-refractivity contribution is 0.521. The number of aryl methyl sites for hydroxylation is 1. The Morgan fingerprint density at radius 2 is 1.90 bits per heavy atom. The van der Waals surface area contributed by atoms with E-state index in [1.165, 1.54) is 0 Å². The predicted molar refractivity (Wildman–Crippen MR) is 80.4 cm³/mol. The molecule has 6 nitrogen and oxygen atoms in total. The second kappa shape index (κ2) is 6.84. The third-order valence-electron chi connectivity index (χ3n) is 2.98. The van der Waals surface area contributed by atoms with Crippen LogP contribution in [-0.4, -0.2) is 33.5 Å². The molecule has 0 atom stereocenters. The zero-order valence-corrected chi connectivity index (χ0v) is 12.9. The van der Waals surface area contributed by atoms with Gasteiger partial charge in [-0.3, -0.25) is 0 Å². The van der Waals surface area contributed by atoms with E-state index in [9.17, 15) is 8.42 Å². The third kappa shape index (κ3) is 4.13. The van der Waals surface area contributed by atoms with E-state index in [1.54, 1.807) is 37.5 Å². The number of rotatable bonds is 7. The summed E-state index contributed by atoms with van der Waals surface area (Å²) >= 11 is 0. The van der Waals surface area contributed by atoms with Gasteiger partial charge in [0.05, 0.1) is 4.90 Å². The fraction of sp³-hybridized carbons (Fsp3) is 0.357. The van der Waals surface area contributed by atoms with Crippen LogP contribution in [0.3, 0.4) is 0 Å². The van der Waals surface area contributed by atoms with Crippen molar-refractivity contribution in [3.63, 3.8) is 0 Å². The van der Waals surface area contributed by atoms with Crippen molar-refractivity contribution in [2.75, 3.05) is 20.1 Å². The molecule has 0 aliphatic carbocycles. The fourth-order valence-electron chi connectivity index (χ4n) is 1.86. The van der Waals surface area contributed by atoms with Crippen molar-refractivity contribution < 1.29 is 12.8 Å². The van der Waals surface area contributed by atoms with E-state index in [0.717, 1.165) is 18.5 Å². The summed E-state index contributed by atoms with van der Waals surface area (Å²) < 4.78 is 31.9. The Balaban J connectivity index is 2.07. The molecular weight excluding hydrogens is 290 g/mol. The van der Waals surface area contributed by atoms with Crippen LogP contribution in [0.4, 0.5) is 0 Å². The molecule has 1 heterocycles. The van der Waals surface area contributed by atoms with Crippen LogP contribution in [0.5, 0.6) is 0 Å². The van der Waals surface area contributed by atoms with Crippen molar-refractivity contribution in [2.24, 2.45) is 0 Å². The van der Waals surface area contributed by atoms with Gasteiger partial charge in [-0.15, -0.1) is 0 Å². The molecule has 0 spiro atoms. The number of nitrogens with zero attached hydrogens (tertiary/aromatic N) is 1. The number of oxazole rings is 1. The minimum atomic E-state index is -3.46. The third-order valence-corrected chi connectivity index (χ3v) is 4.45. The minimum absolute atomic E-state index is 0.246. The molecule has 2 rings (SSSR count). The standard InChI is InChI=1S/C14H19N3O3S/c1-11-17-14(10-20-11)12-4-6-13(7-5-12)21(18,19)16-9-3-8-15-2/h4-7,10,15-16H,3,8-9H2,1-2H3. The first-order chi connectivity index (χ1) is 10.0. The zero-order chi connectivity index (χ0) is 15.3. The van der Waals surface area contributed by atoms with E-state index in [2.05, 4.69) is 15.0 Å². The van der Waals surface area contributed by atoms with Crippen LogP contribution in [0, 0.1) is 6.92 Å². The molecule has 0 amide bonds. The van der Waals surface area contributed by atoms with Gasteiger partial charge < -0.3 is 9.73 Å². The molecule has 0 bridgehead atoms. The highest BCUT2D eigenvalue weighted by Crippen LogP contribution is 2.20. The molecular formula is C14H19N3O3S. The Bertz CT molecular complexity index is 678. The molecule has 0 aliphatic heterocycles. The number of nitrogens with one attached hydrogen (secondary N) is 2. The molecule has 2 N–H and O–H groups in total. The Hall–Kier alpha value is -1.70. The highest BCUT2D eigenvalue weighted by molar-refractivity contribution is 7.89. The molecule has 1 aromatic heterocycles. The Morgan fingerprint density at radius 1 is 1.19 bits per heavy atom. The Morgan fingerprint density at radius 3 is 2.48 bits per heavy atom. The molecule has 21 heavy (non-hydrogen) atoms. The van der Waals surface area contributed by atoms with Gasteiger partial charge in [-0.25, -0.2) is 18.1 Å². The van der Waals surface area contributed by atoms with E-state index in [1.807, 2.05) is 7.05 Å². The quantitative estimate of drug-likeness (QED) is 0.758. The van der Waals surface area contributed by atoms with Crippen LogP contribution >= 0.6 is 0 Å². The molecule has 0 fully saturated rings. The first-order valence-corrected chi connectivity index (χ1v) is 8.18. The number of benzene rings is 1. The SMILES string of the molecule is CNCCCNS(=O)(=O)c1ccc(-c2coc(C)n2)cc1. The largest absolute Gasteiger partial charge is 0.449 e. The van der Waals surface area contributed by atoms with Crippen LogP contribution < -0.4 is 10.0 Å². The topological polar surface area (TPSA) is 84.2 Å². The molecule has 2 aromatic rings. The summed E-state index contributed by atoms with van der Waals surface area (Å²) in [6.45, 7) is 2.94. The van der Waals surface area contributed by atoms with Gasteiger partial charge in [-0.2, -0.15) is 0 Å². The summed E-state index contributed by atoms with van der Waals surface area (Å²) in [5.41, 5.74) is 1.51. The monoisotopic (exact) mass is 309 g/mol. The highest BCUT2D eigenvalue weighted by Gasteiger charge is 2.13. The van der Waals surface area contributed by atoms with E-state index in [-0.39, 0.29) is 4.90 Å². The molecule has 1 aromatic carbocycles. The fourth-order valence-corrected chi connectivity index (χ4v) is 2.93. The van der Waals surface area contributed by atoms with Gasteiger partial charge in [0, 0.05) is 19.0 Å². The van der Waals surface area contributed by atoms with E-state index >= 15 is 0 Å². The number of hydrogen-bond acceptors (Lipinski definition) is 5. The van der Waals surface area contributed by atoms with E-state index in [0.29, 0.717) is 18.1 Å². The van der Waals surface area contributed by atoms with Crippen LogP contribution in [-0.2, 0) is 10.0 Å². The number of aromatic nitrogens is 1. The van der Waals surface area contributed by atoms with Crippen LogP contribution in [0.2, 0.25) is 0 Å². The van der Waals surface area contributed by atoms with Gasteiger partial charge in [0.25, 0.3) is 0 Å². The summed E-state index contributed by atoms with van der Waals surface area (Å²) in [6.07, 6.45) is 2.29. The maximum absolute atomic E-state index is 12.1. The smallest absolute Gasteiger partial charge is 0.240 e. The van der Waals surface area contributed by atoms with Gasteiger partial charge in [0.2, 0.25) is 10.0 Å². The molecule has 0 unspecified atom stereocenters. The van der Waals surface area contributed by atoms with Crippen LogP contribution in [0.15, 0.2) is 39.8 Å². The summed E-state index contributed by atoms with van der Waals surface area (Å²) in [5, 5.41) is 2.97. The number of sulfonamides is 1. The summed E-state index contributed by atoms with van der Waals surface area (Å²) in [6, 6.07) is 6.58. The average Bonchev–Trinajstić information content (AvgIpc) is 2.90. The molecule has 0 aliphatic rings. The van der Waals surface area contributed by atoms with Crippen molar-refractivity contribution in [2.45, 2.75) is 18.2 Å². The van der Waals surface area contributed by atoms with Crippen molar-refractivity contribution in [3.05, 3.63) is 36.4 Å². The van der Waals surface area contributed by atoms with Gasteiger partial charge in [-0.1, -0.05) is 12.1 Å². The zero-order valence-electron chi connectivity index (χ0n) is 12.1. The van der Waals surface area contributed by atoms with E-state index in [4.69, 9.17) is 4.42 Å². The van der Waals surface area contributed by atoms with Crippen molar-refractivity contribution in [1.29, 1.82) is 0 Å². The van der Waals surface area contributed by atoms with Crippen molar-refractivity contribution >= 4 is 10.0 Å². The lowest BCUT2D eigenvalue weighted by Crippen LogP contribution is -2.26. The molecule has 0 saturated heterocycles.